The second-order valence-electron chi connectivity index (χ2n) is 7.25. The van der Waals surface area contributed by atoms with E-state index in [0.717, 1.165) is 27.4 Å². The number of benzene rings is 4. The van der Waals surface area contributed by atoms with Crippen LogP contribution < -0.4 is 10.6 Å². The molecule has 0 unspecified atom stereocenters. The zero-order valence-electron chi connectivity index (χ0n) is 16.8. The summed E-state index contributed by atoms with van der Waals surface area (Å²) in [6.07, 6.45) is 1.74. The van der Waals surface area contributed by atoms with Gasteiger partial charge in [-0.25, -0.2) is 4.99 Å². The van der Waals surface area contributed by atoms with E-state index in [0.29, 0.717) is 22.2 Å². The number of carbonyl (C=O) groups is 1. The summed E-state index contributed by atoms with van der Waals surface area (Å²) in [5.41, 5.74) is 2.89. The van der Waals surface area contributed by atoms with Gasteiger partial charge >= 0.3 is 0 Å². The lowest BCUT2D eigenvalue weighted by molar-refractivity contribution is 0.0977. The van der Waals surface area contributed by atoms with E-state index in [1.165, 1.54) is 0 Å². The molecule has 1 aromatic heterocycles. The first kappa shape index (κ1) is 19.8. The van der Waals surface area contributed by atoms with Crippen molar-refractivity contribution in [1.82, 2.24) is 15.5 Å². The summed E-state index contributed by atoms with van der Waals surface area (Å²) < 4.78 is 0. The first-order chi connectivity index (χ1) is 15.6. The lowest BCUT2D eigenvalue weighted by Gasteiger charge is -2.12. The molecule has 32 heavy (non-hydrogen) atoms. The lowest BCUT2D eigenvalue weighted by Crippen LogP contribution is -2.35. The normalized spacial score (nSPS) is 11.6. The van der Waals surface area contributed by atoms with Crippen LogP contribution in [0.5, 0.6) is 0 Å². The molecule has 3 N–H and O–H groups in total. The number of halogens is 1. The average Bonchev–Trinajstić information content (AvgIpc) is 3.27. The molecule has 7 heteroatoms. The highest BCUT2D eigenvalue weighted by Gasteiger charge is 2.11. The van der Waals surface area contributed by atoms with Crippen LogP contribution in [0.4, 0.5) is 11.4 Å². The molecule has 5 aromatic rings. The number of H-pyrrole nitrogens is 1. The summed E-state index contributed by atoms with van der Waals surface area (Å²) in [4.78, 5) is 17.5. The third-order valence-electron chi connectivity index (χ3n) is 5.02. The number of nitrogens with one attached hydrogen (secondary N) is 3. The van der Waals surface area contributed by atoms with Crippen LogP contribution in [0.25, 0.3) is 21.7 Å². The molecule has 6 nitrogen and oxygen atoms in total. The van der Waals surface area contributed by atoms with Crippen molar-refractivity contribution in [1.29, 1.82) is 0 Å². The van der Waals surface area contributed by atoms with Crippen molar-refractivity contribution in [3.05, 3.63) is 102 Å². The molecule has 4 aromatic carbocycles. The maximum absolute atomic E-state index is 12.8. The molecule has 156 valence electrons. The van der Waals surface area contributed by atoms with Crippen molar-refractivity contribution >= 4 is 56.5 Å². The number of aromatic nitrogens is 2. The Bertz CT molecular complexity index is 1460. The van der Waals surface area contributed by atoms with Gasteiger partial charge in [0.25, 0.3) is 5.91 Å². The fourth-order valence-electron chi connectivity index (χ4n) is 3.40. The molecule has 0 saturated carbocycles. The quantitative estimate of drug-likeness (QED) is 0.242. The molecule has 0 saturated heterocycles. The van der Waals surface area contributed by atoms with Gasteiger partial charge in [0.05, 0.1) is 17.4 Å². The molecule has 0 atom stereocenters. The second-order valence-corrected chi connectivity index (χ2v) is 7.69. The van der Waals surface area contributed by atoms with Crippen LogP contribution in [0.15, 0.2) is 96.1 Å². The highest BCUT2D eigenvalue weighted by Crippen LogP contribution is 2.22. The Morgan fingerprint density at radius 3 is 2.53 bits per heavy atom. The van der Waals surface area contributed by atoms with Crippen LogP contribution >= 0.6 is 11.6 Å². The Hall–Kier alpha value is -4.16. The van der Waals surface area contributed by atoms with E-state index in [2.05, 4.69) is 25.8 Å². The van der Waals surface area contributed by atoms with Crippen LogP contribution in [0, 0.1) is 0 Å². The Labute approximate surface area is 188 Å². The highest BCUT2D eigenvalue weighted by molar-refractivity contribution is 6.30. The first-order valence-corrected chi connectivity index (χ1v) is 10.4. The summed E-state index contributed by atoms with van der Waals surface area (Å²) in [5.74, 6) is 0.0150. The van der Waals surface area contributed by atoms with Gasteiger partial charge in [-0.15, -0.1) is 0 Å². The number of anilines is 1. The van der Waals surface area contributed by atoms with Gasteiger partial charge in [0.15, 0.2) is 0 Å². The van der Waals surface area contributed by atoms with Crippen LogP contribution in [-0.2, 0) is 0 Å². The molecule has 1 heterocycles. The number of aliphatic imine (C=N–C) groups is 1. The number of nitrogens with zero attached hydrogens (tertiary/aromatic N) is 2. The van der Waals surface area contributed by atoms with Gasteiger partial charge in [-0.3, -0.25) is 15.2 Å². The van der Waals surface area contributed by atoms with Crippen molar-refractivity contribution in [3.8, 4) is 0 Å². The number of aromatic amines is 1. The zero-order chi connectivity index (χ0) is 21.9. The second kappa shape index (κ2) is 8.53. The lowest BCUT2D eigenvalue weighted by atomic mass is 10.1. The third kappa shape index (κ3) is 4.31. The van der Waals surface area contributed by atoms with E-state index in [4.69, 9.17) is 11.6 Å². The van der Waals surface area contributed by atoms with E-state index in [-0.39, 0.29) is 5.91 Å². The smallest absolute Gasteiger partial charge is 0.257 e. The van der Waals surface area contributed by atoms with Crippen molar-refractivity contribution in [2.75, 3.05) is 5.32 Å². The molecular formula is C25H18ClN5O. The van der Waals surface area contributed by atoms with Gasteiger partial charge < -0.3 is 5.32 Å². The van der Waals surface area contributed by atoms with Crippen molar-refractivity contribution in [3.63, 3.8) is 0 Å². The SMILES string of the molecule is O=C(NC(=Nc1ccc2ccccc2c1)Nc1ccc2[nH]ncc2c1)c1ccc(Cl)cc1. The molecule has 1 amide bonds. The number of fused-ring (bicyclic) bond motifs is 2. The number of guanidine groups is 1. The van der Waals surface area contributed by atoms with E-state index >= 15 is 0 Å². The topological polar surface area (TPSA) is 82.2 Å². The van der Waals surface area contributed by atoms with E-state index < -0.39 is 0 Å². The number of rotatable bonds is 3. The van der Waals surface area contributed by atoms with Crippen LogP contribution in [0.3, 0.4) is 0 Å². The minimum Gasteiger partial charge on any atom is -0.326 e. The average molecular weight is 440 g/mol. The third-order valence-corrected chi connectivity index (χ3v) is 5.27. The van der Waals surface area contributed by atoms with E-state index in [1.807, 2.05) is 60.7 Å². The van der Waals surface area contributed by atoms with Gasteiger partial charge in [-0.2, -0.15) is 5.10 Å². The van der Waals surface area contributed by atoms with Gasteiger partial charge in [0, 0.05) is 21.7 Å². The molecule has 0 aliphatic carbocycles. The van der Waals surface area contributed by atoms with Gasteiger partial charge in [0.1, 0.15) is 0 Å². The number of amides is 1. The molecule has 0 aliphatic heterocycles. The Balaban J connectivity index is 1.49. The van der Waals surface area contributed by atoms with E-state index in [1.54, 1.807) is 30.5 Å². The Morgan fingerprint density at radius 1 is 0.875 bits per heavy atom. The fourth-order valence-corrected chi connectivity index (χ4v) is 3.53. The monoisotopic (exact) mass is 439 g/mol. The van der Waals surface area contributed by atoms with Crippen molar-refractivity contribution in [2.24, 2.45) is 4.99 Å². The van der Waals surface area contributed by atoms with E-state index in [9.17, 15) is 4.79 Å². The summed E-state index contributed by atoms with van der Waals surface area (Å²) in [6.45, 7) is 0. The van der Waals surface area contributed by atoms with Gasteiger partial charge in [0.2, 0.25) is 5.96 Å². The zero-order valence-corrected chi connectivity index (χ0v) is 17.6. The number of hydrogen-bond acceptors (Lipinski definition) is 3. The van der Waals surface area contributed by atoms with Crippen LogP contribution in [0.1, 0.15) is 10.4 Å². The van der Waals surface area contributed by atoms with Crippen molar-refractivity contribution < 1.29 is 4.79 Å². The van der Waals surface area contributed by atoms with Crippen molar-refractivity contribution in [2.45, 2.75) is 0 Å². The number of hydrogen-bond donors (Lipinski definition) is 3. The minimum absolute atomic E-state index is 0.293. The van der Waals surface area contributed by atoms with Gasteiger partial charge in [-0.05, 0) is 65.4 Å². The Kier molecular flexibility index (Phi) is 5.27. The predicted octanol–water partition coefficient (Wildman–Crippen LogP) is 5.90. The molecule has 0 spiro atoms. The molecule has 0 radical (unpaired) electrons. The maximum atomic E-state index is 12.8. The molecule has 0 aliphatic rings. The number of carbonyl (C=O) groups excluding carboxylic acids is 1. The van der Waals surface area contributed by atoms with Crippen LogP contribution in [-0.4, -0.2) is 22.1 Å². The highest BCUT2D eigenvalue weighted by atomic mass is 35.5. The van der Waals surface area contributed by atoms with Gasteiger partial charge in [-0.1, -0.05) is 41.9 Å². The minimum atomic E-state index is -0.293. The summed E-state index contributed by atoms with van der Waals surface area (Å²) >= 11 is 5.95. The predicted molar refractivity (Wildman–Crippen MR) is 130 cm³/mol. The maximum Gasteiger partial charge on any atom is 0.257 e. The Morgan fingerprint density at radius 2 is 1.69 bits per heavy atom. The first-order valence-electron chi connectivity index (χ1n) is 9.99. The molecule has 0 fully saturated rings. The molecule has 0 bridgehead atoms. The summed E-state index contributed by atoms with van der Waals surface area (Å²) in [5, 5.41) is 16.8. The largest absolute Gasteiger partial charge is 0.326 e. The summed E-state index contributed by atoms with van der Waals surface area (Å²) in [6, 6.07) is 26.4. The molecular weight excluding hydrogens is 422 g/mol. The van der Waals surface area contributed by atoms with Crippen LogP contribution in [0.2, 0.25) is 5.02 Å². The standard InChI is InChI=1S/C25H18ClN5O/c26-20-8-5-17(6-9-20)24(32)30-25(29-22-11-12-23-19(14-22)15-27-31-23)28-21-10-7-16-3-1-2-4-18(16)13-21/h1-15H,(H,27,31)(H2,28,29,30,32). The summed E-state index contributed by atoms with van der Waals surface area (Å²) in [7, 11) is 0. The molecule has 5 rings (SSSR count). The fraction of sp³-hybridized carbons (Fsp3) is 0.